The van der Waals surface area contributed by atoms with Crippen molar-refractivity contribution in [2.24, 2.45) is 0 Å². The maximum atomic E-state index is 8.91. The monoisotopic (exact) mass is 275 g/mol. The normalized spacial score (nSPS) is 12.7. The highest BCUT2D eigenvalue weighted by atomic mass is 32.2. The van der Waals surface area contributed by atoms with Gasteiger partial charge in [0.2, 0.25) is 0 Å². The molecule has 1 unspecified atom stereocenters. The van der Waals surface area contributed by atoms with E-state index in [9.17, 15) is 0 Å². The molecule has 102 valence electrons. The van der Waals surface area contributed by atoms with E-state index in [4.69, 9.17) is 5.11 Å². The number of rotatable bonds is 7. The lowest BCUT2D eigenvalue weighted by Crippen LogP contribution is -2.23. The van der Waals surface area contributed by atoms with Crippen molar-refractivity contribution < 1.29 is 5.11 Å². The number of fused-ring (bicyclic) bond motifs is 1. The first-order chi connectivity index (χ1) is 9.36. The van der Waals surface area contributed by atoms with Gasteiger partial charge in [-0.2, -0.15) is 11.8 Å². The Morgan fingerprint density at radius 2 is 1.95 bits per heavy atom. The summed E-state index contributed by atoms with van der Waals surface area (Å²) in [6.07, 6.45) is 0. The second-order valence-electron chi connectivity index (χ2n) is 4.48. The predicted octanol–water partition coefficient (Wildman–Crippen LogP) is 3.22. The van der Waals surface area contributed by atoms with E-state index in [0.29, 0.717) is 6.04 Å². The zero-order valence-electron chi connectivity index (χ0n) is 11.3. The fourth-order valence-electron chi connectivity index (χ4n) is 2.33. The SMILES string of the molecule is CCNC(CSCCO)c1cccc2ccccc12. The van der Waals surface area contributed by atoms with Crippen LogP contribution in [0.15, 0.2) is 42.5 Å². The minimum atomic E-state index is 0.249. The van der Waals surface area contributed by atoms with E-state index in [1.807, 2.05) is 0 Å². The first-order valence-corrected chi connectivity index (χ1v) is 7.92. The molecule has 0 aliphatic carbocycles. The molecule has 0 amide bonds. The van der Waals surface area contributed by atoms with Crippen LogP contribution in [-0.2, 0) is 0 Å². The van der Waals surface area contributed by atoms with E-state index >= 15 is 0 Å². The van der Waals surface area contributed by atoms with Gasteiger partial charge < -0.3 is 10.4 Å². The van der Waals surface area contributed by atoms with Crippen LogP contribution in [0.25, 0.3) is 10.8 Å². The molecule has 2 nitrogen and oxygen atoms in total. The maximum Gasteiger partial charge on any atom is 0.0521 e. The smallest absolute Gasteiger partial charge is 0.0521 e. The molecular weight excluding hydrogens is 254 g/mol. The Morgan fingerprint density at radius 3 is 2.74 bits per heavy atom. The van der Waals surface area contributed by atoms with Gasteiger partial charge in [-0.25, -0.2) is 0 Å². The number of nitrogens with one attached hydrogen (secondary N) is 1. The van der Waals surface area contributed by atoms with Crippen LogP contribution >= 0.6 is 11.8 Å². The van der Waals surface area contributed by atoms with Crippen molar-refractivity contribution in [2.75, 3.05) is 24.7 Å². The van der Waals surface area contributed by atoms with Gasteiger partial charge in [0.15, 0.2) is 0 Å². The van der Waals surface area contributed by atoms with Crippen LogP contribution < -0.4 is 5.32 Å². The van der Waals surface area contributed by atoms with Gasteiger partial charge >= 0.3 is 0 Å². The number of aliphatic hydroxyl groups excluding tert-OH is 1. The highest BCUT2D eigenvalue weighted by Gasteiger charge is 2.12. The molecule has 0 saturated heterocycles. The molecule has 2 aromatic carbocycles. The lowest BCUT2D eigenvalue weighted by molar-refractivity contribution is 0.322. The molecule has 0 heterocycles. The minimum absolute atomic E-state index is 0.249. The number of aliphatic hydroxyl groups is 1. The summed E-state index contributed by atoms with van der Waals surface area (Å²) in [4.78, 5) is 0. The molecule has 0 aliphatic rings. The van der Waals surface area contributed by atoms with Crippen molar-refractivity contribution >= 4 is 22.5 Å². The van der Waals surface area contributed by atoms with E-state index in [2.05, 4.69) is 54.7 Å². The number of benzene rings is 2. The highest BCUT2D eigenvalue weighted by Crippen LogP contribution is 2.26. The molecule has 0 aromatic heterocycles. The van der Waals surface area contributed by atoms with Crippen LogP contribution in [0.2, 0.25) is 0 Å². The van der Waals surface area contributed by atoms with Crippen molar-refractivity contribution in [3.63, 3.8) is 0 Å². The standard InChI is InChI=1S/C16H21NOS/c1-2-17-16(12-19-11-10-18)15-9-5-7-13-6-3-4-8-14(13)15/h3-9,16-18H,2,10-12H2,1H3. The topological polar surface area (TPSA) is 32.3 Å². The van der Waals surface area contributed by atoms with Gasteiger partial charge in [-0.05, 0) is 22.9 Å². The Balaban J connectivity index is 2.27. The molecule has 0 spiro atoms. The van der Waals surface area contributed by atoms with E-state index in [1.165, 1.54) is 16.3 Å². The van der Waals surface area contributed by atoms with Crippen molar-refractivity contribution in [1.82, 2.24) is 5.32 Å². The largest absolute Gasteiger partial charge is 0.396 e. The van der Waals surface area contributed by atoms with Crippen LogP contribution in [0.5, 0.6) is 0 Å². The molecule has 19 heavy (non-hydrogen) atoms. The molecule has 1 atom stereocenters. The van der Waals surface area contributed by atoms with E-state index < -0.39 is 0 Å². The quantitative estimate of drug-likeness (QED) is 0.761. The van der Waals surface area contributed by atoms with Crippen LogP contribution in [0.4, 0.5) is 0 Å². The molecule has 2 rings (SSSR count). The number of hydrogen-bond acceptors (Lipinski definition) is 3. The van der Waals surface area contributed by atoms with Crippen molar-refractivity contribution in [3.8, 4) is 0 Å². The van der Waals surface area contributed by atoms with E-state index in [0.717, 1.165) is 18.1 Å². The third kappa shape index (κ3) is 3.72. The van der Waals surface area contributed by atoms with E-state index in [1.54, 1.807) is 11.8 Å². The zero-order valence-corrected chi connectivity index (χ0v) is 12.1. The fourth-order valence-corrected chi connectivity index (χ4v) is 3.15. The van der Waals surface area contributed by atoms with Crippen LogP contribution in [0, 0.1) is 0 Å². The molecule has 2 aromatic rings. The van der Waals surface area contributed by atoms with Gasteiger partial charge in [-0.15, -0.1) is 0 Å². The molecule has 0 fully saturated rings. The minimum Gasteiger partial charge on any atom is -0.396 e. The molecule has 3 heteroatoms. The van der Waals surface area contributed by atoms with Gasteiger partial charge in [0.05, 0.1) is 6.61 Å². The van der Waals surface area contributed by atoms with Crippen LogP contribution in [0.3, 0.4) is 0 Å². The Morgan fingerprint density at radius 1 is 1.16 bits per heavy atom. The molecule has 2 N–H and O–H groups in total. The summed E-state index contributed by atoms with van der Waals surface area (Å²) < 4.78 is 0. The Kier molecular flexibility index (Phi) is 5.70. The summed E-state index contributed by atoms with van der Waals surface area (Å²) in [5, 5.41) is 15.1. The average Bonchev–Trinajstić information content (AvgIpc) is 2.46. The molecule has 0 radical (unpaired) electrons. The van der Waals surface area contributed by atoms with E-state index in [-0.39, 0.29) is 6.61 Å². The maximum absolute atomic E-state index is 8.91. The van der Waals surface area contributed by atoms with Gasteiger partial charge in [0.25, 0.3) is 0 Å². The van der Waals surface area contributed by atoms with Gasteiger partial charge in [-0.1, -0.05) is 49.4 Å². The molecule has 0 aliphatic heterocycles. The van der Waals surface area contributed by atoms with Gasteiger partial charge in [0.1, 0.15) is 0 Å². The highest BCUT2D eigenvalue weighted by molar-refractivity contribution is 7.99. The second-order valence-corrected chi connectivity index (χ2v) is 5.63. The lowest BCUT2D eigenvalue weighted by Gasteiger charge is -2.20. The first kappa shape index (κ1) is 14.4. The Hall–Kier alpha value is -1.03. The molecule has 0 saturated carbocycles. The summed E-state index contributed by atoms with van der Waals surface area (Å²) >= 11 is 1.79. The summed E-state index contributed by atoms with van der Waals surface area (Å²) in [5.74, 6) is 1.79. The zero-order chi connectivity index (χ0) is 13.5. The number of thioether (sulfide) groups is 1. The fraction of sp³-hybridized carbons (Fsp3) is 0.375. The first-order valence-electron chi connectivity index (χ1n) is 6.76. The van der Waals surface area contributed by atoms with Crippen molar-refractivity contribution in [1.29, 1.82) is 0 Å². The Labute approximate surface area is 119 Å². The molecular formula is C16H21NOS. The summed E-state index contributed by atoms with van der Waals surface area (Å²) in [7, 11) is 0. The summed E-state index contributed by atoms with van der Waals surface area (Å²) in [5.41, 5.74) is 1.35. The second kappa shape index (κ2) is 7.53. The van der Waals surface area contributed by atoms with Gasteiger partial charge in [0, 0.05) is 17.5 Å². The average molecular weight is 275 g/mol. The van der Waals surface area contributed by atoms with Crippen molar-refractivity contribution in [3.05, 3.63) is 48.0 Å². The number of hydrogen-bond donors (Lipinski definition) is 2. The van der Waals surface area contributed by atoms with Gasteiger partial charge in [-0.3, -0.25) is 0 Å². The summed E-state index contributed by atoms with van der Waals surface area (Å²) in [6, 6.07) is 15.3. The third-order valence-corrected chi connectivity index (χ3v) is 4.21. The predicted molar refractivity (Wildman–Crippen MR) is 84.8 cm³/mol. The summed E-state index contributed by atoms with van der Waals surface area (Å²) in [6.45, 7) is 3.33. The third-order valence-electron chi connectivity index (χ3n) is 3.17. The Bertz CT molecular complexity index is 510. The van der Waals surface area contributed by atoms with Crippen LogP contribution in [0.1, 0.15) is 18.5 Å². The lowest BCUT2D eigenvalue weighted by atomic mass is 9.99. The van der Waals surface area contributed by atoms with Crippen LogP contribution in [-0.4, -0.2) is 29.8 Å². The molecule has 0 bridgehead atoms. The van der Waals surface area contributed by atoms with Crippen molar-refractivity contribution in [2.45, 2.75) is 13.0 Å².